The van der Waals surface area contributed by atoms with Crippen molar-refractivity contribution in [2.24, 2.45) is 0 Å². The fraction of sp³-hybridized carbons (Fsp3) is 0.800. The van der Waals surface area contributed by atoms with Gasteiger partial charge in [-0.2, -0.15) is 0 Å². The normalized spacial score (nSPS) is 21.4. The highest BCUT2D eigenvalue weighted by atomic mass is 28.3. The van der Waals surface area contributed by atoms with Gasteiger partial charge in [0.2, 0.25) is 0 Å². The molecule has 0 atom stereocenters. The van der Waals surface area contributed by atoms with E-state index in [9.17, 15) is 4.39 Å². The van der Waals surface area contributed by atoms with E-state index in [1.165, 1.54) is 24.9 Å². The van der Waals surface area contributed by atoms with E-state index in [1.807, 2.05) is 0 Å². The Labute approximate surface area is 81.0 Å². The molecule has 0 unspecified atom stereocenters. The van der Waals surface area contributed by atoms with Crippen molar-refractivity contribution in [1.29, 1.82) is 0 Å². The maximum atomic E-state index is 11.8. The Bertz CT molecular complexity index is 160. The molecule has 0 saturated heterocycles. The Hall–Kier alpha value is -0.153. The molecule has 0 aromatic rings. The van der Waals surface area contributed by atoms with Crippen molar-refractivity contribution in [2.75, 3.05) is 19.5 Å². The van der Waals surface area contributed by atoms with Gasteiger partial charge in [0.25, 0.3) is 0 Å². The molecule has 0 N–H and O–H groups in total. The summed E-state index contributed by atoms with van der Waals surface area (Å²) in [6, 6.07) is 2.60. The summed E-state index contributed by atoms with van der Waals surface area (Å²) in [5.41, 5.74) is 0. The topological polar surface area (TPSA) is 9.23 Å². The van der Waals surface area contributed by atoms with Crippen LogP contribution in [0.1, 0.15) is 12.8 Å². The summed E-state index contributed by atoms with van der Waals surface area (Å²) in [6.45, 7) is 2.32. The Kier molecular flexibility index (Phi) is 4.66. The number of hydrogen-bond donors (Lipinski definition) is 0. The zero-order chi connectivity index (χ0) is 9.57. The third kappa shape index (κ3) is 4.05. The third-order valence-electron chi connectivity index (χ3n) is 2.67. The van der Waals surface area contributed by atoms with Crippen molar-refractivity contribution in [1.82, 2.24) is 0 Å². The minimum Gasteiger partial charge on any atom is -0.382 e. The smallest absolute Gasteiger partial charge is 0.113 e. The molecule has 0 aromatic heterocycles. The molecule has 0 bridgehead atoms. The van der Waals surface area contributed by atoms with Crippen LogP contribution in [-0.4, -0.2) is 27.6 Å². The van der Waals surface area contributed by atoms with Gasteiger partial charge in [-0.3, -0.25) is 0 Å². The van der Waals surface area contributed by atoms with Gasteiger partial charge in [-0.1, -0.05) is 30.8 Å². The van der Waals surface area contributed by atoms with Gasteiger partial charge in [0.05, 0.1) is 14.7 Å². The van der Waals surface area contributed by atoms with Crippen molar-refractivity contribution in [2.45, 2.75) is 31.5 Å². The van der Waals surface area contributed by atoms with E-state index in [0.717, 1.165) is 6.23 Å². The summed E-state index contributed by atoms with van der Waals surface area (Å²) in [7, 11) is -1.18. The Morgan fingerprint density at radius 3 is 2.46 bits per heavy atom. The van der Waals surface area contributed by atoms with Crippen LogP contribution in [0.5, 0.6) is 0 Å². The van der Waals surface area contributed by atoms with E-state index >= 15 is 0 Å². The predicted octanol–water partition coefficient (Wildman–Crippen LogP) is 2.94. The number of hydrogen-bond acceptors (Lipinski definition) is 1. The monoisotopic (exact) mass is 201 g/mol. The molecule has 0 radical (unpaired) electrons. The predicted molar refractivity (Wildman–Crippen MR) is 56.4 cm³/mol. The van der Waals surface area contributed by atoms with Gasteiger partial charge >= 0.3 is 0 Å². The second-order valence-corrected chi connectivity index (χ2v) is 9.01. The SMILES string of the molecule is C[Si]1(COCC[18F])CCC=CCC1. The van der Waals surface area contributed by atoms with Crippen molar-refractivity contribution in [3.63, 3.8) is 0 Å². The van der Waals surface area contributed by atoms with Gasteiger partial charge in [-0.25, -0.2) is 4.39 Å². The summed E-state index contributed by atoms with van der Waals surface area (Å²) in [6.07, 6.45) is 7.78. The lowest BCUT2D eigenvalue weighted by molar-refractivity contribution is 0.152. The van der Waals surface area contributed by atoms with Crippen LogP contribution in [0.25, 0.3) is 0 Å². The Morgan fingerprint density at radius 2 is 1.92 bits per heavy atom. The van der Waals surface area contributed by atoms with Gasteiger partial charge in [0, 0.05) is 6.23 Å². The standard InChI is InChI=1S/C10H19FOSi/c1-13(10-12-7-6-11)8-4-2-3-5-9-13/h2-3H,4-10H2,1H3/i11-1. The summed E-state index contributed by atoms with van der Waals surface area (Å²) in [5.74, 6) is 0. The van der Waals surface area contributed by atoms with E-state index in [2.05, 4.69) is 18.7 Å². The van der Waals surface area contributed by atoms with Gasteiger partial charge in [-0.05, 0) is 12.8 Å². The van der Waals surface area contributed by atoms with E-state index in [0.29, 0.717) is 0 Å². The molecule has 1 rings (SSSR count). The lowest BCUT2D eigenvalue weighted by atomic mass is 10.4. The van der Waals surface area contributed by atoms with Crippen molar-refractivity contribution in [3.8, 4) is 0 Å². The lowest BCUT2D eigenvalue weighted by Crippen LogP contribution is -2.36. The minimum atomic E-state index is -1.18. The van der Waals surface area contributed by atoms with Crippen molar-refractivity contribution in [3.05, 3.63) is 12.2 Å². The average Bonchev–Trinajstić information content (AvgIpc) is 2.31. The van der Waals surface area contributed by atoms with Crippen LogP contribution >= 0.6 is 0 Å². The molecule has 0 saturated carbocycles. The highest BCUT2D eigenvalue weighted by Gasteiger charge is 2.26. The molecule has 0 spiro atoms. The van der Waals surface area contributed by atoms with Crippen LogP contribution in [0.3, 0.4) is 0 Å². The third-order valence-corrected chi connectivity index (χ3v) is 6.56. The van der Waals surface area contributed by atoms with E-state index in [-0.39, 0.29) is 13.3 Å². The fourth-order valence-electron chi connectivity index (χ4n) is 1.74. The Morgan fingerprint density at radius 1 is 1.31 bits per heavy atom. The maximum absolute atomic E-state index is 11.8. The number of allylic oxidation sites excluding steroid dienone is 2. The van der Waals surface area contributed by atoms with Crippen LogP contribution in [0.15, 0.2) is 12.2 Å². The molecular formula is C10H19FOSi. The summed E-state index contributed by atoms with van der Waals surface area (Å²) < 4.78 is 17.2. The van der Waals surface area contributed by atoms with Gasteiger partial charge in [-0.15, -0.1) is 0 Å². The highest BCUT2D eigenvalue weighted by Crippen LogP contribution is 2.23. The Balaban J connectivity index is 2.27. The fourth-order valence-corrected chi connectivity index (χ4v) is 4.64. The van der Waals surface area contributed by atoms with E-state index < -0.39 is 8.07 Å². The number of halogens is 1. The molecule has 3 heteroatoms. The summed E-state index contributed by atoms with van der Waals surface area (Å²) in [5, 5.41) is 0. The first-order valence-corrected chi connectivity index (χ1v) is 8.18. The molecule has 76 valence electrons. The summed E-state index contributed by atoms with van der Waals surface area (Å²) in [4.78, 5) is 0. The number of ether oxygens (including phenoxy) is 1. The first-order chi connectivity index (χ1) is 6.27. The maximum Gasteiger partial charge on any atom is 0.113 e. The second-order valence-electron chi connectivity index (χ2n) is 4.10. The molecule has 13 heavy (non-hydrogen) atoms. The molecule has 1 nitrogen and oxygen atoms in total. The molecule has 0 fully saturated rings. The molecule has 1 aliphatic rings. The largest absolute Gasteiger partial charge is 0.382 e. The van der Waals surface area contributed by atoms with Crippen LogP contribution in [0, 0.1) is 0 Å². The van der Waals surface area contributed by atoms with Crippen molar-refractivity contribution < 1.29 is 9.13 Å². The molecular weight excluding hydrogens is 182 g/mol. The molecule has 0 aromatic carbocycles. The van der Waals surface area contributed by atoms with Crippen LogP contribution < -0.4 is 0 Å². The average molecular weight is 201 g/mol. The minimum absolute atomic E-state index is 0.288. The second kappa shape index (κ2) is 5.55. The van der Waals surface area contributed by atoms with E-state index in [4.69, 9.17) is 4.74 Å². The van der Waals surface area contributed by atoms with Crippen LogP contribution in [-0.2, 0) is 4.74 Å². The van der Waals surface area contributed by atoms with Crippen LogP contribution in [0.4, 0.5) is 4.39 Å². The first kappa shape index (κ1) is 10.9. The molecule has 1 heterocycles. The lowest BCUT2D eigenvalue weighted by Gasteiger charge is -2.24. The van der Waals surface area contributed by atoms with Gasteiger partial charge in [0.1, 0.15) is 6.67 Å². The van der Waals surface area contributed by atoms with Crippen LogP contribution in [0.2, 0.25) is 18.6 Å². The number of alkyl halides is 1. The quantitative estimate of drug-likeness (QED) is 0.386. The zero-order valence-corrected chi connectivity index (χ0v) is 9.39. The van der Waals surface area contributed by atoms with E-state index in [1.54, 1.807) is 0 Å². The van der Waals surface area contributed by atoms with Crippen molar-refractivity contribution >= 4 is 8.07 Å². The summed E-state index contributed by atoms with van der Waals surface area (Å²) >= 11 is 0. The highest BCUT2D eigenvalue weighted by molar-refractivity contribution is 6.78. The number of rotatable bonds is 4. The molecule has 1 aliphatic heterocycles. The zero-order valence-electron chi connectivity index (χ0n) is 8.39. The first-order valence-electron chi connectivity index (χ1n) is 5.06. The van der Waals surface area contributed by atoms with Gasteiger partial charge < -0.3 is 4.74 Å². The molecule has 0 aliphatic carbocycles. The van der Waals surface area contributed by atoms with Gasteiger partial charge in [0.15, 0.2) is 0 Å². The molecule has 0 amide bonds.